The predicted octanol–water partition coefficient (Wildman–Crippen LogP) is 7.72. The summed E-state index contributed by atoms with van der Waals surface area (Å²) in [5.74, 6) is 3.52. The molecule has 160 valence electrons. The Morgan fingerprint density at radius 1 is 0.862 bits per heavy atom. The van der Waals surface area contributed by atoms with Crippen LogP contribution in [-0.4, -0.2) is 6.61 Å². The smallest absolute Gasteiger partial charge is 0.387 e. The number of halogens is 3. The largest absolute Gasteiger partial charge is 0.432 e. The van der Waals surface area contributed by atoms with Crippen LogP contribution in [0.3, 0.4) is 0 Å². The fourth-order valence-electron chi connectivity index (χ4n) is 6.49. The van der Waals surface area contributed by atoms with E-state index in [0.717, 1.165) is 48.0 Å². The third-order valence-corrected chi connectivity index (χ3v) is 8.11. The van der Waals surface area contributed by atoms with Gasteiger partial charge in [0.25, 0.3) is 0 Å². The van der Waals surface area contributed by atoms with Gasteiger partial charge in [-0.1, -0.05) is 12.1 Å². The van der Waals surface area contributed by atoms with Crippen LogP contribution in [0.2, 0.25) is 0 Å². The molecule has 1 nitrogen and oxygen atoms in total. The minimum absolute atomic E-state index is 0.334. The molecule has 0 aliphatic heterocycles. The Hall–Kier alpha value is -1.45. The lowest BCUT2D eigenvalue weighted by Gasteiger charge is -2.45. The summed E-state index contributed by atoms with van der Waals surface area (Å²) in [5, 5.41) is 0. The first-order valence-electron chi connectivity index (χ1n) is 11.4. The molecule has 4 atom stereocenters. The molecule has 3 fully saturated rings. The molecule has 1 aromatic carbocycles. The summed E-state index contributed by atoms with van der Waals surface area (Å²) in [7, 11) is 0. The number of allylic oxidation sites excluding steroid dienone is 1. The lowest BCUT2D eigenvalue weighted by molar-refractivity contribution is -0.0522. The number of benzene rings is 1. The molecule has 29 heavy (non-hydrogen) atoms. The molecule has 0 aromatic heterocycles. The van der Waals surface area contributed by atoms with Crippen LogP contribution >= 0.6 is 0 Å². The van der Waals surface area contributed by atoms with Crippen LogP contribution in [0.25, 0.3) is 0 Å². The van der Waals surface area contributed by atoms with Crippen molar-refractivity contribution in [3.05, 3.63) is 42.2 Å². The van der Waals surface area contributed by atoms with Gasteiger partial charge in [-0.2, -0.15) is 8.78 Å². The molecule has 3 aliphatic rings. The zero-order valence-corrected chi connectivity index (χ0v) is 17.2. The molecule has 0 bridgehead atoms. The maximum Gasteiger partial charge on any atom is 0.387 e. The zero-order chi connectivity index (χ0) is 20.4. The predicted molar refractivity (Wildman–Crippen MR) is 110 cm³/mol. The van der Waals surface area contributed by atoms with Crippen molar-refractivity contribution in [3.63, 3.8) is 0 Å². The Morgan fingerprint density at radius 3 is 2.14 bits per heavy atom. The molecular weight excluding hydrogens is 373 g/mol. The topological polar surface area (TPSA) is 9.23 Å². The Morgan fingerprint density at radius 2 is 1.48 bits per heavy atom. The van der Waals surface area contributed by atoms with Crippen molar-refractivity contribution >= 4 is 0 Å². The summed E-state index contributed by atoms with van der Waals surface area (Å²) in [4.78, 5) is 0. The van der Waals surface area contributed by atoms with Crippen LogP contribution in [-0.2, 0) is 0 Å². The Kier molecular flexibility index (Phi) is 6.56. The van der Waals surface area contributed by atoms with Crippen LogP contribution in [0, 0.1) is 35.4 Å². The highest BCUT2D eigenvalue weighted by atomic mass is 19.3. The standard InChI is InChI=1S/C25H33F3O/c1-2-16-3-4-21-14-20(10-9-19(21)13-16)17-5-7-18(8-6-17)22-11-12-24(23(26)15-22)29-25(27)28/h2,11-12,15-21,25H,1,3-10,13-14H2. The van der Waals surface area contributed by atoms with Crippen LogP contribution in [0.5, 0.6) is 5.75 Å². The molecule has 4 rings (SSSR count). The quantitative estimate of drug-likeness (QED) is 0.455. The third kappa shape index (κ3) is 4.83. The van der Waals surface area contributed by atoms with Crippen LogP contribution in [0.1, 0.15) is 75.7 Å². The average molecular weight is 407 g/mol. The second-order valence-electron chi connectivity index (χ2n) is 9.58. The Balaban J connectivity index is 1.30. The summed E-state index contributed by atoms with van der Waals surface area (Å²) < 4.78 is 43.0. The van der Waals surface area contributed by atoms with Gasteiger partial charge < -0.3 is 4.74 Å². The van der Waals surface area contributed by atoms with Crippen molar-refractivity contribution in [2.75, 3.05) is 0 Å². The van der Waals surface area contributed by atoms with Gasteiger partial charge >= 0.3 is 6.61 Å². The molecule has 0 spiro atoms. The zero-order valence-electron chi connectivity index (χ0n) is 17.2. The van der Waals surface area contributed by atoms with Gasteiger partial charge in [0.2, 0.25) is 0 Å². The minimum atomic E-state index is -2.99. The molecule has 0 radical (unpaired) electrons. The molecule has 4 unspecified atom stereocenters. The molecule has 3 saturated carbocycles. The van der Waals surface area contributed by atoms with Gasteiger partial charge in [-0.05, 0) is 117 Å². The van der Waals surface area contributed by atoms with Gasteiger partial charge in [-0.25, -0.2) is 4.39 Å². The van der Waals surface area contributed by atoms with Gasteiger partial charge in [0.05, 0.1) is 0 Å². The normalized spacial score (nSPS) is 35.2. The molecule has 0 amide bonds. The molecule has 0 N–H and O–H groups in total. The highest BCUT2D eigenvalue weighted by molar-refractivity contribution is 5.31. The van der Waals surface area contributed by atoms with E-state index in [2.05, 4.69) is 17.4 Å². The number of hydrogen-bond donors (Lipinski definition) is 0. The lowest BCUT2D eigenvalue weighted by Crippen LogP contribution is -2.34. The summed E-state index contributed by atoms with van der Waals surface area (Å²) in [6.07, 6.45) is 14.9. The lowest BCUT2D eigenvalue weighted by atomic mass is 9.61. The van der Waals surface area contributed by atoms with Gasteiger partial charge in [0.1, 0.15) is 0 Å². The molecule has 1 aromatic rings. The number of fused-ring (bicyclic) bond motifs is 1. The SMILES string of the molecule is C=CC1CCC2CC(C3CCC(c4ccc(OC(F)F)c(F)c4)CC3)CCC2C1. The van der Waals surface area contributed by atoms with E-state index in [1.54, 1.807) is 6.07 Å². The van der Waals surface area contributed by atoms with Gasteiger partial charge in [0, 0.05) is 0 Å². The summed E-state index contributed by atoms with van der Waals surface area (Å²) in [5.41, 5.74) is 0.925. The van der Waals surface area contributed by atoms with E-state index in [9.17, 15) is 13.2 Å². The first-order valence-corrected chi connectivity index (χ1v) is 11.4. The van der Waals surface area contributed by atoms with Gasteiger partial charge in [-0.15, -0.1) is 6.58 Å². The van der Waals surface area contributed by atoms with E-state index >= 15 is 0 Å². The van der Waals surface area contributed by atoms with Crippen LogP contribution < -0.4 is 4.74 Å². The number of ether oxygens (including phenoxy) is 1. The monoisotopic (exact) mass is 406 g/mol. The van der Waals surface area contributed by atoms with Crippen molar-refractivity contribution in [1.82, 2.24) is 0 Å². The molecular formula is C25H33F3O. The van der Waals surface area contributed by atoms with E-state index in [4.69, 9.17) is 0 Å². The van der Waals surface area contributed by atoms with E-state index in [-0.39, 0.29) is 5.75 Å². The Bertz CT molecular complexity index is 695. The number of alkyl halides is 2. The van der Waals surface area contributed by atoms with E-state index in [0.29, 0.717) is 5.92 Å². The third-order valence-electron chi connectivity index (χ3n) is 8.11. The van der Waals surface area contributed by atoms with Crippen LogP contribution in [0.4, 0.5) is 13.2 Å². The van der Waals surface area contributed by atoms with Gasteiger partial charge in [0.15, 0.2) is 11.6 Å². The first-order chi connectivity index (χ1) is 14.0. The molecule has 0 heterocycles. The maximum absolute atomic E-state index is 14.1. The number of rotatable bonds is 5. The van der Waals surface area contributed by atoms with E-state index in [1.165, 1.54) is 63.5 Å². The van der Waals surface area contributed by atoms with Crippen molar-refractivity contribution in [2.45, 2.75) is 76.7 Å². The maximum atomic E-state index is 14.1. The highest BCUT2D eigenvalue weighted by Gasteiger charge is 2.38. The molecule has 3 aliphatic carbocycles. The van der Waals surface area contributed by atoms with Crippen molar-refractivity contribution < 1.29 is 17.9 Å². The van der Waals surface area contributed by atoms with Crippen molar-refractivity contribution in [1.29, 1.82) is 0 Å². The fourth-order valence-corrected chi connectivity index (χ4v) is 6.49. The summed E-state index contributed by atoms with van der Waals surface area (Å²) in [6.45, 7) is 1.01. The second-order valence-corrected chi connectivity index (χ2v) is 9.58. The molecule has 0 saturated heterocycles. The summed E-state index contributed by atoms with van der Waals surface area (Å²) >= 11 is 0. The van der Waals surface area contributed by atoms with Crippen molar-refractivity contribution in [2.24, 2.45) is 29.6 Å². The summed E-state index contributed by atoms with van der Waals surface area (Å²) in [6, 6.07) is 4.50. The first kappa shape index (κ1) is 20.8. The molecule has 4 heteroatoms. The van der Waals surface area contributed by atoms with E-state index in [1.807, 2.05) is 0 Å². The average Bonchev–Trinajstić information content (AvgIpc) is 2.74. The number of hydrogen-bond acceptors (Lipinski definition) is 1. The van der Waals surface area contributed by atoms with Crippen molar-refractivity contribution in [3.8, 4) is 5.75 Å². The van der Waals surface area contributed by atoms with Gasteiger partial charge in [-0.3, -0.25) is 0 Å². The Labute approximate surface area is 172 Å². The highest BCUT2D eigenvalue weighted by Crippen LogP contribution is 2.50. The van der Waals surface area contributed by atoms with E-state index < -0.39 is 12.4 Å². The fraction of sp³-hybridized carbons (Fsp3) is 0.680. The van der Waals surface area contributed by atoms with Crippen LogP contribution in [0.15, 0.2) is 30.9 Å². The second kappa shape index (κ2) is 9.14. The minimum Gasteiger partial charge on any atom is -0.432 e.